The molecule has 1 N–H and O–H groups in total. The molecule has 5 rings (SSSR count). The summed E-state index contributed by atoms with van der Waals surface area (Å²) >= 11 is 12.4. The van der Waals surface area contributed by atoms with Crippen LogP contribution in [0.4, 0.5) is 0 Å². The molecule has 0 spiro atoms. The minimum absolute atomic E-state index is 0.0163. The smallest absolute Gasteiger partial charge is 0.305 e. The van der Waals surface area contributed by atoms with Crippen molar-refractivity contribution in [2.24, 2.45) is 10.8 Å². The average molecular weight is 627 g/mol. The van der Waals surface area contributed by atoms with Crippen molar-refractivity contribution in [3.8, 4) is 11.5 Å². The molecular formula is C34H37Cl2NO6. The van der Waals surface area contributed by atoms with Gasteiger partial charge in [-0.3, -0.25) is 14.4 Å². The number of nitrogens with zero attached hydrogens (tertiary/aromatic N) is 1. The van der Waals surface area contributed by atoms with E-state index in [1.165, 1.54) is 0 Å². The van der Waals surface area contributed by atoms with Gasteiger partial charge in [-0.05, 0) is 53.5 Å². The summed E-state index contributed by atoms with van der Waals surface area (Å²) in [5, 5.41) is 10.6. The first-order chi connectivity index (χ1) is 20.2. The van der Waals surface area contributed by atoms with Crippen molar-refractivity contribution in [3.05, 3.63) is 80.1 Å². The molecule has 0 fully saturated rings. The number of carbonyl (C=O) groups excluding carboxylic acids is 2. The minimum atomic E-state index is -0.922. The highest BCUT2D eigenvalue weighted by Crippen LogP contribution is 2.55. The van der Waals surface area contributed by atoms with Crippen molar-refractivity contribution in [2.45, 2.75) is 72.3 Å². The molecule has 0 atom stereocenters. The molecule has 2 aliphatic carbocycles. The zero-order valence-corrected chi connectivity index (χ0v) is 26.7. The summed E-state index contributed by atoms with van der Waals surface area (Å²) in [6.07, 6.45) is 1.81. The van der Waals surface area contributed by atoms with E-state index in [1.807, 2.05) is 17.0 Å². The van der Waals surface area contributed by atoms with Gasteiger partial charge in [0.1, 0.15) is 6.61 Å². The van der Waals surface area contributed by atoms with E-state index in [1.54, 1.807) is 31.4 Å². The van der Waals surface area contributed by atoms with Gasteiger partial charge in [0.05, 0.1) is 13.5 Å². The summed E-state index contributed by atoms with van der Waals surface area (Å²) in [7, 11) is 1.55. The molecule has 1 heterocycles. The maximum Gasteiger partial charge on any atom is 0.305 e. The fourth-order valence-corrected chi connectivity index (χ4v) is 7.10. The fraction of sp³-hybridized carbons (Fsp3) is 0.441. The fourth-order valence-electron chi connectivity index (χ4n) is 6.64. The Morgan fingerprint density at radius 1 is 0.907 bits per heavy atom. The Kier molecular flexibility index (Phi) is 8.45. The number of Topliss-reactive ketones (excluding diaryl/α,β-unsaturated/α-hetero) is 2. The number of allylic oxidation sites excluding steroid dienone is 4. The molecule has 0 radical (unpaired) electrons. The molecule has 0 unspecified atom stereocenters. The molecule has 0 saturated carbocycles. The van der Waals surface area contributed by atoms with Gasteiger partial charge in [-0.1, -0.05) is 63.0 Å². The van der Waals surface area contributed by atoms with Crippen LogP contribution in [-0.2, 0) is 21.0 Å². The number of benzene rings is 2. The molecule has 0 saturated heterocycles. The van der Waals surface area contributed by atoms with Crippen molar-refractivity contribution in [1.29, 1.82) is 0 Å². The average Bonchev–Trinajstić information content (AvgIpc) is 2.89. The first-order valence-corrected chi connectivity index (χ1v) is 15.2. The number of ketones is 2. The van der Waals surface area contributed by atoms with Crippen LogP contribution in [0.2, 0.25) is 10.0 Å². The number of aliphatic carboxylic acids is 1. The summed E-state index contributed by atoms with van der Waals surface area (Å²) in [4.78, 5) is 41.6. The molecule has 1 aliphatic heterocycles. The van der Waals surface area contributed by atoms with E-state index in [2.05, 4.69) is 27.7 Å². The van der Waals surface area contributed by atoms with E-state index in [0.29, 0.717) is 58.4 Å². The molecule has 3 aliphatic rings. The lowest BCUT2D eigenvalue weighted by Crippen LogP contribution is -2.45. The monoisotopic (exact) mass is 625 g/mol. The second kappa shape index (κ2) is 11.7. The van der Waals surface area contributed by atoms with Crippen LogP contribution in [0.3, 0.4) is 0 Å². The van der Waals surface area contributed by atoms with Crippen molar-refractivity contribution in [3.63, 3.8) is 0 Å². The van der Waals surface area contributed by atoms with Gasteiger partial charge in [-0.25, -0.2) is 0 Å². The lowest BCUT2D eigenvalue weighted by Gasteiger charge is -2.49. The van der Waals surface area contributed by atoms with Gasteiger partial charge in [-0.15, -0.1) is 0 Å². The van der Waals surface area contributed by atoms with Crippen molar-refractivity contribution in [2.75, 3.05) is 13.7 Å². The first kappa shape index (κ1) is 31.1. The van der Waals surface area contributed by atoms with Crippen LogP contribution in [0, 0.1) is 10.8 Å². The number of methoxy groups -OCH3 is 1. The van der Waals surface area contributed by atoms with Crippen LogP contribution in [0.1, 0.15) is 76.8 Å². The van der Waals surface area contributed by atoms with Crippen LogP contribution >= 0.6 is 23.2 Å². The van der Waals surface area contributed by atoms with E-state index in [4.69, 9.17) is 32.7 Å². The molecule has 0 aromatic heterocycles. The summed E-state index contributed by atoms with van der Waals surface area (Å²) in [6, 6.07) is 10.7. The normalized spacial score (nSPS) is 19.7. The Morgan fingerprint density at radius 3 is 2.05 bits per heavy atom. The van der Waals surface area contributed by atoms with E-state index < -0.39 is 11.9 Å². The first-order valence-electron chi connectivity index (χ1n) is 14.5. The standard InChI is InChI=1S/C34H37Cl2NO6/c1-33(2)14-23-31(25(38)16-33)30(32-24(37(23)11-10-29(40)41)15-34(3,4)17-26(32)39)19-7-9-27(28(12-19)42-5)43-18-20-6-8-21(35)13-22(20)36/h6-9,12-13,30H,10-11,14-18H2,1-5H3,(H,40,41). The van der Waals surface area contributed by atoms with E-state index in [9.17, 15) is 19.5 Å². The zero-order chi connectivity index (χ0) is 31.3. The van der Waals surface area contributed by atoms with Gasteiger partial charge in [-0.2, -0.15) is 0 Å². The number of hydrogen-bond donors (Lipinski definition) is 1. The quantitative estimate of drug-likeness (QED) is 0.320. The van der Waals surface area contributed by atoms with Gasteiger partial charge < -0.3 is 19.5 Å². The number of hydrogen-bond acceptors (Lipinski definition) is 6. The third-order valence-corrected chi connectivity index (χ3v) is 9.08. The summed E-state index contributed by atoms with van der Waals surface area (Å²) < 4.78 is 11.8. The molecule has 7 nitrogen and oxygen atoms in total. The second-order valence-corrected chi connectivity index (χ2v) is 14.1. The third kappa shape index (κ3) is 6.34. The lowest BCUT2D eigenvalue weighted by molar-refractivity contribution is -0.137. The Bertz CT molecular complexity index is 1520. The molecular weight excluding hydrogens is 589 g/mol. The van der Waals surface area contributed by atoms with E-state index in [-0.39, 0.29) is 42.0 Å². The summed E-state index contributed by atoms with van der Waals surface area (Å²) in [5.74, 6) is -0.574. The van der Waals surface area contributed by atoms with Gasteiger partial charge in [0.25, 0.3) is 0 Å². The predicted octanol–water partition coefficient (Wildman–Crippen LogP) is 7.74. The Labute approximate surface area is 262 Å². The number of carboxylic acids is 1. The SMILES string of the molecule is COc1cc(C2C3=C(CC(C)(C)CC3=O)N(CCC(=O)O)C3=C2C(=O)CC(C)(C)C3)ccc1OCc1ccc(Cl)cc1Cl. The highest BCUT2D eigenvalue weighted by Gasteiger charge is 2.49. The third-order valence-electron chi connectivity index (χ3n) is 8.49. The van der Waals surface area contributed by atoms with Crippen LogP contribution in [0.5, 0.6) is 11.5 Å². The molecule has 2 aromatic rings. The van der Waals surface area contributed by atoms with Crippen LogP contribution < -0.4 is 9.47 Å². The Morgan fingerprint density at radius 2 is 1.51 bits per heavy atom. The van der Waals surface area contributed by atoms with Gasteiger partial charge >= 0.3 is 5.97 Å². The van der Waals surface area contributed by atoms with Gasteiger partial charge in [0, 0.05) is 63.5 Å². The van der Waals surface area contributed by atoms with Crippen molar-refractivity contribution in [1.82, 2.24) is 4.90 Å². The van der Waals surface area contributed by atoms with Crippen LogP contribution in [0.15, 0.2) is 58.9 Å². The lowest BCUT2D eigenvalue weighted by atomic mass is 9.63. The highest BCUT2D eigenvalue weighted by molar-refractivity contribution is 6.35. The van der Waals surface area contributed by atoms with Crippen molar-refractivity contribution < 1.29 is 29.0 Å². The van der Waals surface area contributed by atoms with Crippen LogP contribution in [-0.4, -0.2) is 41.2 Å². The van der Waals surface area contributed by atoms with Crippen LogP contribution in [0.25, 0.3) is 0 Å². The largest absolute Gasteiger partial charge is 0.493 e. The molecule has 0 amide bonds. The predicted molar refractivity (Wildman–Crippen MR) is 166 cm³/mol. The number of ether oxygens (including phenoxy) is 2. The highest BCUT2D eigenvalue weighted by atomic mass is 35.5. The maximum absolute atomic E-state index is 13.9. The molecule has 0 bridgehead atoms. The number of carbonyl (C=O) groups is 3. The molecule has 43 heavy (non-hydrogen) atoms. The number of rotatable bonds is 8. The summed E-state index contributed by atoms with van der Waals surface area (Å²) in [5.41, 5.74) is 3.75. The Hall–Kier alpha value is -3.29. The van der Waals surface area contributed by atoms with Gasteiger partial charge in [0.2, 0.25) is 0 Å². The zero-order valence-electron chi connectivity index (χ0n) is 25.2. The molecule has 9 heteroatoms. The second-order valence-electron chi connectivity index (χ2n) is 13.3. The molecule has 2 aromatic carbocycles. The maximum atomic E-state index is 13.9. The van der Waals surface area contributed by atoms with Gasteiger partial charge in [0.15, 0.2) is 23.1 Å². The summed E-state index contributed by atoms with van der Waals surface area (Å²) in [6.45, 7) is 8.62. The minimum Gasteiger partial charge on any atom is -0.493 e. The van der Waals surface area contributed by atoms with E-state index >= 15 is 0 Å². The number of halogens is 2. The molecule has 228 valence electrons. The number of carboxylic acid groups (broad SMARTS) is 1. The van der Waals surface area contributed by atoms with Crippen molar-refractivity contribution >= 4 is 40.7 Å². The van der Waals surface area contributed by atoms with E-state index in [0.717, 1.165) is 22.5 Å². The Balaban J connectivity index is 1.61. The topological polar surface area (TPSA) is 93.1 Å².